The van der Waals surface area contributed by atoms with Gasteiger partial charge in [-0.05, 0) is 24.3 Å². The fourth-order valence-electron chi connectivity index (χ4n) is 6.57. The van der Waals surface area contributed by atoms with Gasteiger partial charge in [-0.2, -0.15) is 0 Å². The zero-order chi connectivity index (χ0) is 25.9. The summed E-state index contributed by atoms with van der Waals surface area (Å²) in [6.45, 7) is 0. The second-order valence-electron chi connectivity index (χ2n) is 10.2. The lowest BCUT2D eigenvalue weighted by molar-refractivity contribution is 1.21. The van der Waals surface area contributed by atoms with Gasteiger partial charge in [-0.25, -0.2) is 9.97 Å². The number of benzene rings is 5. The molecule has 0 saturated heterocycles. The van der Waals surface area contributed by atoms with Crippen molar-refractivity contribution in [3.05, 3.63) is 104 Å². The third-order valence-corrected chi connectivity index (χ3v) is 11.8. The molecule has 0 saturated carbocycles. The zero-order valence-electron chi connectivity index (χ0n) is 20.9. The molecule has 5 aromatic heterocycles. The van der Waals surface area contributed by atoms with Crippen LogP contribution in [0.25, 0.3) is 88.1 Å². The highest BCUT2D eigenvalue weighted by Crippen LogP contribution is 2.52. The van der Waals surface area contributed by atoms with Crippen molar-refractivity contribution >= 4 is 116 Å². The SMILES string of the molecule is c1ccc2c(c1)sc1c(-n3c4ccccc4c4c5c6ncncc6sc5c5sc6ccccc6c5c43)cccc12. The van der Waals surface area contributed by atoms with E-state index < -0.39 is 0 Å². The van der Waals surface area contributed by atoms with E-state index in [2.05, 4.69) is 101 Å². The number of rotatable bonds is 1. The summed E-state index contributed by atoms with van der Waals surface area (Å²) in [6.07, 6.45) is 3.65. The second-order valence-corrected chi connectivity index (χ2v) is 13.3. The fourth-order valence-corrected chi connectivity index (χ4v) is 10.3. The minimum atomic E-state index is 1.04. The number of nitrogens with zero attached hydrogens (tertiary/aromatic N) is 3. The molecule has 3 nitrogen and oxygen atoms in total. The summed E-state index contributed by atoms with van der Waals surface area (Å²) in [5.74, 6) is 0. The van der Waals surface area contributed by atoms with Crippen molar-refractivity contribution in [2.45, 2.75) is 0 Å². The topological polar surface area (TPSA) is 30.7 Å². The maximum atomic E-state index is 4.84. The van der Waals surface area contributed by atoms with Gasteiger partial charge >= 0.3 is 0 Å². The van der Waals surface area contributed by atoms with Gasteiger partial charge in [0.1, 0.15) is 6.33 Å². The summed E-state index contributed by atoms with van der Waals surface area (Å²) in [6, 6.07) is 33.3. The van der Waals surface area contributed by atoms with E-state index in [1.807, 2.05) is 40.2 Å². The number of para-hydroxylation sites is 1. The van der Waals surface area contributed by atoms with Crippen LogP contribution in [-0.2, 0) is 0 Å². The summed E-state index contributed by atoms with van der Waals surface area (Å²) in [4.78, 5) is 9.22. The summed E-state index contributed by atoms with van der Waals surface area (Å²) in [5.41, 5.74) is 4.77. The molecule has 0 unspecified atom stereocenters. The van der Waals surface area contributed by atoms with Crippen molar-refractivity contribution < 1.29 is 0 Å². The molecule has 0 bridgehead atoms. The van der Waals surface area contributed by atoms with Crippen molar-refractivity contribution in [3.63, 3.8) is 0 Å². The Balaban J connectivity index is 1.56. The highest BCUT2D eigenvalue weighted by atomic mass is 32.1. The predicted octanol–water partition coefficient (Wildman–Crippen LogP) is 10.7. The quantitative estimate of drug-likeness (QED) is 0.199. The van der Waals surface area contributed by atoms with Crippen LogP contribution < -0.4 is 0 Å². The number of hydrogen-bond acceptors (Lipinski definition) is 5. The van der Waals surface area contributed by atoms with Gasteiger partial charge in [0, 0.05) is 53.3 Å². The van der Waals surface area contributed by atoms with E-state index in [0.29, 0.717) is 0 Å². The molecule has 0 aliphatic rings. The van der Waals surface area contributed by atoms with Gasteiger partial charge < -0.3 is 4.57 Å². The Hall–Kier alpha value is -4.36. The van der Waals surface area contributed by atoms with Gasteiger partial charge in [0.05, 0.1) is 41.0 Å². The normalized spacial score (nSPS) is 12.5. The molecule has 0 N–H and O–H groups in total. The minimum absolute atomic E-state index is 1.04. The van der Waals surface area contributed by atoms with Crippen LogP contribution in [0.3, 0.4) is 0 Å². The van der Waals surface area contributed by atoms with E-state index in [1.165, 1.54) is 77.9 Å². The Morgan fingerprint density at radius 2 is 1.20 bits per heavy atom. The van der Waals surface area contributed by atoms with Crippen LogP contribution in [0.4, 0.5) is 0 Å². The van der Waals surface area contributed by atoms with E-state index in [4.69, 9.17) is 4.98 Å². The first-order valence-electron chi connectivity index (χ1n) is 13.2. The second kappa shape index (κ2) is 7.64. The Labute approximate surface area is 239 Å². The standard InChI is InChI=1S/C34H17N3S3/c1-4-12-22-20(9-1)27-29-30-26(16-35-17-36-30)40-34(29)33-28(21-10-3-6-15-25(21)39-33)31(27)37(22)23-13-7-11-19-18-8-2-5-14-24(18)38-32(19)23/h1-17H. The molecule has 0 fully saturated rings. The first kappa shape index (κ1) is 21.5. The van der Waals surface area contributed by atoms with Crippen LogP contribution in [0.15, 0.2) is 104 Å². The molecule has 10 rings (SSSR count). The molecule has 40 heavy (non-hydrogen) atoms. The molecule has 10 aromatic rings. The Kier molecular flexibility index (Phi) is 4.10. The Morgan fingerprint density at radius 1 is 0.525 bits per heavy atom. The van der Waals surface area contributed by atoms with Crippen LogP contribution in [0.2, 0.25) is 0 Å². The Bertz CT molecular complexity index is 2670. The molecule has 0 radical (unpaired) electrons. The van der Waals surface area contributed by atoms with E-state index in [-0.39, 0.29) is 0 Å². The predicted molar refractivity (Wildman–Crippen MR) is 175 cm³/mol. The van der Waals surface area contributed by atoms with Gasteiger partial charge in [0.2, 0.25) is 0 Å². The molecule has 5 heterocycles. The lowest BCUT2D eigenvalue weighted by Gasteiger charge is -2.11. The van der Waals surface area contributed by atoms with Crippen LogP contribution >= 0.6 is 34.0 Å². The molecule has 0 amide bonds. The van der Waals surface area contributed by atoms with Gasteiger partial charge in [0.15, 0.2) is 0 Å². The molecule has 186 valence electrons. The van der Waals surface area contributed by atoms with E-state index in [9.17, 15) is 0 Å². The molecule has 0 spiro atoms. The molecule has 5 aromatic carbocycles. The lowest BCUT2D eigenvalue weighted by atomic mass is 10.0. The number of fused-ring (bicyclic) bond motifs is 15. The van der Waals surface area contributed by atoms with Gasteiger partial charge in [-0.3, -0.25) is 0 Å². The maximum Gasteiger partial charge on any atom is 0.116 e. The van der Waals surface area contributed by atoms with Gasteiger partial charge in [-0.1, -0.05) is 66.7 Å². The van der Waals surface area contributed by atoms with Crippen LogP contribution in [0.1, 0.15) is 0 Å². The maximum absolute atomic E-state index is 4.84. The summed E-state index contributed by atoms with van der Waals surface area (Å²) in [5, 5.41) is 9.06. The highest BCUT2D eigenvalue weighted by molar-refractivity contribution is 7.33. The van der Waals surface area contributed by atoms with Crippen LogP contribution in [-0.4, -0.2) is 14.5 Å². The summed E-state index contributed by atoms with van der Waals surface area (Å²) in [7, 11) is 0. The highest BCUT2D eigenvalue weighted by Gasteiger charge is 2.25. The van der Waals surface area contributed by atoms with E-state index in [1.54, 1.807) is 6.33 Å². The average molecular weight is 564 g/mol. The third-order valence-electron chi connectivity index (χ3n) is 8.14. The van der Waals surface area contributed by atoms with Crippen molar-refractivity contribution in [1.82, 2.24) is 14.5 Å². The molecule has 0 aliphatic heterocycles. The summed E-state index contributed by atoms with van der Waals surface area (Å²) >= 11 is 5.60. The van der Waals surface area contributed by atoms with Crippen molar-refractivity contribution in [2.24, 2.45) is 0 Å². The molecule has 6 heteroatoms. The molecule has 0 atom stereocenters. The average Bonchev–Trinajstić information content (AvgIpc) is 3.75. The molecular formula is C34H17N3S3. The first-order valence-corrected chi connectivity index (χ1v) is 15.6. The fraction of sp³-hybridized carbons (Fsp3) is 0. The molecular weight excluding hydrogens is 547 g/mol. The van der Waals surface area contributed by atoms with Crippen molar-refractivity contribution in [2.75, 3.05) is 0 Å². The summed E-state index contributed by atoms with van der Waals surface area (Å²) < 4.78 is 10.3. The van der Waals surface area contributed by atoms with Crippen LogP contribution in [0, 0.1) is 0 Å². The lowest BCUT2D eigenvalue weighted by Crippen LogP contribution is -1.94. The third kappa shape index (κ3) is 2.59. The van der Waals surface area contributed by atoms with E-state index in [0.717, 1.165) is 10.2 Å². The minimum Gasteiger partial charge on any atom is -0.307 e. The Morgan fingerprint density at radius 3 is 2.10 bits per heavy atom. The number of thiophene rings is 3. The van der Waals surface area contributed by atoms with E-state index >= 15 is 0 Å². The largest absolute Gasteiger partial charge is 0.307 e. The van der Waals surface area contributed by atoms with Crippen LogP contribution in [0.5, 0.6) is 0 Å². The van der Waals surface area contributed by atoms with Gasteiger partial charge in [0.25, 0.3) is 0 Å². The number of hydrogen-bond donors (Lipinski definition) is 0. The van der Waals surface area contributed by atoms with Gasteiger partial charge in [-0.15, -0.1) is 34.0 Å². The molecule has 0 aliphatic carbocycles. The first-order chi connectivity index (χ1) is 19.9. The smallest absolute Gasteiger partial charge is 0.116 e. The zero-order valence-corrected chi connectivity index (χ0v) is 23.3. The van der Waals surface area contributed by atoms with Crippen molar-refractivity contribution in [3.8, 4) is 5.69 Å². The monoisotopic (exact) mass is 563 g/mol. The number of aromatic nitrogens is 3. The van der Waals surface area contributed by atoms with Crippen molar-refractivity contribution in [1.29, 1.82) is 0 Å².